The van der Waals surface area contributed by atoms with Gasteiger partial charge in [-0.3, -0.25) is 4.31 Å². The number of benzene rings is 2. The van der Waals surface area contributed by atoms with E-state index in [1.807, 2.05) is 12.1 Å². The van der Waals surface area contributed by atoms with Gasteiger partial charge in [0.15, 0.2) is 0 Å². The first kappa shape index (κ1) is 24.5. The van der Waals surface area contributed by atoms with Crippen LogP contribution in [0.25, 0.3) is 0 Å². The fourth-order valence-corrected chi connectivity index (χ4v) is 4.50. The second-order valence-electron chi connectivity index (χ2n) is 7.49. The molecule has 0 radical (unpaired) electrons. The highest BCUT2D eigenvalue weighted by Crippen LogP contribution is 2.25. The molecule has 2 rings (SSSR count). The van der Waals surface area contributed by atoms with Crippen molar-refractivity contribution < 1.29 is 13.2 Å². The van der Waals surface area contributed by atoms with E-state index < -0.39 is 10.0 Å². The number of nitrogens with zero attached hydrogens (tertiary/aromatic N) is 2. The zero-order valence-electron chi connectivity index (χ0n) is 18.2. The maximum Gasteiger partial charge on any atom is 0.264 e. The van der Waals surface area contributed by atoms with Crippen LogP contribution < -0.4 is 9.04 Å². The summed E-state index contributed by atoms with van der Waals surface area (Å²) in [5.41, 5.74) is 0.577. The molecule has 0 amide bonds. The van der Waals surface area contributed by atoms with Crippen molar-refractivity contribution in [3.63, 3.8) is 0 Å². The fraction of sp³-hybridized carbons (Fsp3) is 0.478. The highest BCUT2D eigenvalue weighted by atomic mass is 35.5. The molecule has 0 aliphatic heterocycles. The molecule has 0 aliphatic carbocycles. The minimum atomic E-state index is -3.63. The molecule has 2 aromatic carbocycles. The van der Waals surface area contributed by atoms with E-state index in [4.69, 9.17) is 16.3 Å². The molecule has 30 heavy (non-hydrogen) atoms. The molecule has 0 saturated heterocycles. The summed E-state index contributed by atoms with van der Waals surface area (Å²) in [6.07, 6.45) is 5.81. The molecule has 7 heteroatoms. The minimum absolute atomic E-state index is 0.204. The fourth-order valence-electron chi connectivity index (χ4n) is 3.18. The monoisotopic (exact) mass is 452 g/mol. The average molecular weight is 453 g/mol. The molecular weight excluding hydrogens is 420 g/mol. The van der Waals surface area contributed by atoms with Gasteiger partial charge >= 0.3 is 0 Å². The van der Waals surface area contributed by atoms with Gasteiger partial charge in [0.25, 0.3) is 10.0 Å². The third-order valence-corrected chi connectivity index (χ3v) is 7.03. The Kier molecular flexibility index (Phi) is 9.95. The number of unbranched alkanes of at least 4 members (excludes halogenated alkanes) is 3. The quantitative estimate of drug-likeness (QED) is 0.379. The standard InChI is InChI=1S/C23H33ClN2O3S/c1-4-17-25(2)18-7-5-6-8-19-29-22-13-11-21(12-14-22)26(3)30(27,28)23-15-9-20(24)10-16-23/h9-16H,4-8,17-19H2,1-3H3. The van der Waals surface area contributed by atoms with E-state index in [-0.39, 0.29) is 4.90 Å². The molecule has 0 spiro atoms. The maximum atomic E-state index is 12.8. The number of halogens is 1. The predicted molar refractivity (Wildman–Crippen MR) is 125 cm³/mol. The molecule has 0 N–H and O–H groups in total. The Labute approximate surface area is 186 Å². The van der Waals surface area contributed by atoms with Gasteiger partial charge in [0, 0.05) is 12.1 Å². The molecule has 166 valence electrons. The number of rotatable bonds is 13. The van der Waals surface area contributed by atoms with Crippen LogP contribution in [0, 0.1) is 0 Å². The van der Waals surface area contributed by atoms with E-state index in [0.717, 1.165) is 31.7 Å². The summed E-state index contributed by atoms with van der Waals surface area (Å²) in [7, 11) is 0.0834. The van der Waals surface area contributed by atoms with E-state index in [2.05, 4.69) is 18.9 Å². The van der Waals surface area contributed by atoms with Crippen molar-refractivity contribution >= 4 is 27.3 Å². The summed E-state index contributed by atoms with van der Waals surface area (Å²) in [5, 5.41) is 0.502. The molecular formula is C23H33ClN2O3S. The summed E-state index contributed by atoms with van der Waals surface area (Å²) >= 11 is 5.85. The van der Waals surface area contributed by atoms with Crippen molar-refractivity contribution in [3.8, 4) is 5.75 Å². The van der Waals surface area contributed by atoms with Crippen LogP contribution in [0.4, 0.5) is 5.69 Å². The Morgan fingerprint density at radius 1 is 0.867 bits per heavy atom. The summed E-state index contributed by atoms with van der Waals surface area (Å²) in [6, 6.07) is 13.3. The molecule has 0 atom stereocenters. The second kappa shape index (κ2) is 12.2. The van der Waals surface area contributed by atoms with Crippen molar-refractivity contribution in [1.82, 2.24) is 4.90 Å². The summed E-state index contributed by atoms with van der Waals surface area (Å²) in [5.74, 6) is 0.749. The summed E-state index contributed by atoms with van der Waals surface area (Å²) < 4.78 is 32.6. The molecule has 2 aromatic rings. The third kappa shape index (κ3) is 7.49. The SMILES string of the molecule is CCCN(C)CCCCCCOc1ccc(N(C)S(=O)(=O)c2ccc(Cl)cc2)cc1. The van der Waals surface area contributed by atoms with Crippen LogP contribution in [0.2, 0.25) is 5.02 Å². The smallest absolute Gasteiger partial charge is 0.264 e. The van der Waals surface area contributed by atoms with Gasteiger partial charge in [0.2, 0.25) is 0 Å². The lowest BCUT2D eigenvalue weighted by Gasteiger charge is -2.20. The summed E-state index contributed by atoms with van der Waals surface area (Å²) in [4.78, 5) is 2.58. The van der Waals surface area contributed by atoms with Crippen molar-refractivity contribution in [2.75, 3.05) is 38.1 Å². The Hall–Kier alpha value is -1.76. The molecule has 0 saturated carbocycles. The molecule has 0 unspecified atom stereocenters. The zero-order chi connectivity index (χ0) is 22.0. The average Bonchev–Trinajstić information content (AvgIpc) is 2.73. The first-order valence-corrected chi connectivity index (χ1v) is 12.3. The molecule has 0 aromatic heterocycles. The van der Waals surface area contributed by atoms with Crippen LogP contribution in [0.1, 0.15) is 39.0 Å². The van der Waals surface area contributed by atoms with Gasteiger partial charge in [0.1, 0.15) is 5.75 Å². The van der Waals surface area contributed by atoms with Crippen LogP contribution >= 0.6 is 11.6 Å². The third-order valence-electron chi connectivity index (χ3n) is 4.98. The number of ether oxygens (including phenoxy) is 1. The highest BCUT2D eigenvalue weighted by Gasteiger charge is 2.21. The Morgan fingerprint density at radius 3 is 2.13 bits per heavy atom. The van der Waals surface area contributed by atoms with Crippen LogP contribution in [-0.2, 0) is 10.0 Å². The van der Waals surface area contributed by atoms with Gasteiger partial charge in [-0.05, 0) is 87.9 Å². The maximum absolute atomic E-state index is 12.8. The predicted octanol–water partition coefficient (Wildman–Crippen LogP) is 5.45. The van der Waals surface area contributed by atoms with Crippen LogP contribution in [-0.4, -0.2) is 47.1 Å². The molecule has 0 bridgehead atoms. The van der Waals surface area contributed by atoms with Gasteiger partial charge in [-0.2, -0.15) is 0 Å². The number of hydrogen-bond acceptors (Lipinski definition) is 4. The molecule has 0 fully saturated rings. The lowest BCUT2D eigenvalue weighted by Crippen LogP contribution is -2.26. The van der Waals surface area contributed by atoms with Crippen LogP contribution in [0.5, 0.6) is 5.75 Å². The van der Waals surface area contributed by atoms with E-state index in [1.165, 1.54) is 42.7 Å². The van der Waals surface area contributed by atoms with E-state index in [1.54, 1.807) is 24.3 Å². The van der Waals surface area contributed by atoms with Crippen molar-refractivity contribution in [2.45, 2.75) is 43.9 Å². The Morgan fingerprint density at radius 2 is 1.50 bits per heavy atom. The Balaban J connectivity index is 1.77. The highest BCUT2D eigenvalue weighted by molar-refractivity contribution is 7.92. The lowest BCUT2D eigenvalue weighted by molar-refractivity contribution is 0.296. The Bertz CT molecular complexity index is 855. The molecule has 5 nitrogen and oxygen atoms in total. The number of anilines is 1. The lowest BCUT2D eigenvalue weighted by atomic mass is 10.2. The molecule has 0 heterocycles. The van der Waals surface area contributed by atoms with Crippen molar-refractivity contribution in [1.29, 1.82) is 0 Å². The first-order valence-electron chi connectivity index (χ1n) is 10.5. The van der Waals surface area contributed by atoms with Crippen molar-refractivity contribution in [2.24, 2.45) is 0 Å². The number of hydrogen-bond donors (Lipinski definition) is 0. The topological polar surface area (TPSA) is 49.9 Å². The second-order valence-corrected chi connectivity index (χ2v) is 9.89. The van der Waals surface area contributed by atoms with E-state index >= 15 is 0 Å². The van der Waals surface area contributed by atoms with Crippen LogP contribution in [0.15, 0.2) is 53.4 Å². The first-order chi connectivity index (χ1) is 14.3. The normalized spacial score (nSPS) is 11.6. The minimum Gasteiger partial charge on any atom is -0.494 e. The number of sulfonamides is 1. The zero-order valence-corrected chi connectivity index (χ0v) is 19.8. The van der Waals surface area contributed by atoms with Crippen LogP contribution in [0.3, 0.4) is 0 Å². The van der Waals surface area contributed by atoms with Gasteiger partial charge in [-0.1, -0.05) is 31.4 Å². The molecule has 0 aliphatic rings. The van der Waals surface area contributed by atoms with Gasteiger partial charge in [-0.15, -0.1) is 0 Å². The van der Waals surface area contributed by atoms with Gasteiger partial charge < -0.3 is 9.64 Å². The largest absolute Gasteiger partial charge is 0.494 e. The van der Waals surface area contributed by atoms with E-state index in [9.17, 15) is 8.42 Å². The van der Waals surface area contributed by atoms with Crippen molar-refractivity contribution in [3.05, 3.63) is 53.6 Å². The van der Waals surface area contributed by atoms with Gasteiger partial charge in [-0.25, -0.2) is 8.42 Å². The van der Waals surface area contributed by atoms with Gasteiger partial charge in [0.05, 0.1) is 17.2 Å². The summed E-state index contributed by atoms with van der Waals surface area (Å²) in [6.45, 7) is 5.19. The van der Waals surface area contributed by atoms with E-state index in [0.29, 0.717) is 17.3 Å².